The van der Waals surface area contributed by atoms with E-state index in [1.54, 1.807) is 60.7 Å². The van der Waals surface area contributed by atoms with Crippen LogP contribution in [0.2, 0.25) is 0 Å². The summed E-state index contributed by atoms with van der Waals surface area (Å²) in [6.45, 7) is -0.588. The molecule has 0 unspecified atom stereocenters. The smallest absolute Gasteiger partial charge is 0.416 e. The van der Waals surface area contributed by atoms with Crippen molar-refractivity contribution in [3.8, 4) is 5.75 Å². The molecule has 0 aliphatic carbocycles. The lowest BCUT2D eigenvalue weighted by Crippen LogP contribution is -2.49. The highest BCUT2D eigenvalue weighted by Crippen LogP contribution is 2.43. The summed E-state index contributed by atoms with van der Waals surface area (Å²) in [6.07, 6.45) is -11.5. The van der Waals surface area contributed by atoms with E-state index in [0.717, 1.165) is 0 Å². The van der Waals surface area contributed by atoms with Gasteiger partial charge in [0, 0.05) is 31.6 Å². The predicted octanol–water partition coefficient (Wildman–Crippen LogP) is 6.92. The molecular weight excluding hydrogens is 702 g/mol. The molecule has 1 aliphatic heterocycles. The number of alkyl halides is 6. The second-order valence-corrected chi connectivity index (χ2v) is 13.8. The molecular formula is C36H32F6N2O6S. The molecule has 0 radical (unpaired) electrons. The molecule has 1 aliphatic rings. The van der Waals surface area contributed by atoms with Crippen molar-refractivity contribution in [1.82, 2.24) is 5.32 Å². The highest BCUT2D eigenvalue weighted by Gasteiger charge is 2.53. The van der Waals surface area contributed by atoms with Gasteiger partial charge in [-0.1, -0.05) is 48.5 Å². The number of carbonyl (C=O) groups is 1. The van der Waals surface area contributed by atoms with Crippen LogP contribution in [0.25, 0.3) is 0 Å². The summed E-state index contributed by atoms with van der Waals surface area (Å²) in [6, 6.07) is 23.1. The number of halogens is 6. The van der Waals surface area contributed by atoms with E-state index in [0.29, 0.717) is 35.4 Å². The number of rotatable bonds is 13. The van der Waals surface area contributed by atoms with Crippen LogP contribution in [0.3, 0.4) is 0 Å². The molecule has 0 saturated carbocycles. The summed E-state index contributed by atoms with van der Waals surface area (Å²) < 4.78 is 120. The maximum Gasteiger partial charge on any atom is 0.416 e. The van der Waals surface area contributed by atoms with E-state index in [1.807, 2.05) is 0 Å². The molecule has 8 nitrogen and oxygen atoms in total. The van der Waals surface area contributed by atoms with Crippen LogP contribution < -0.4 is 10.1 Å². The summed E-state index contributed by atoms with van der Waals surface area (Å²) in [7, 11) is -4.02. The number of aliphatic imine (C=N–C) groups is 1. The van der Waals surface area contributed by atoms with Gasteiger partial charge in [0.2, 0.25) is 5.90 Å². The summed E-state index contributed by atoms with van der Waals surface area (Å²) in [5.41, 5.74) is -4.87. The van der Waals surface area contributed by atoms with E-state index in [1.165, 1.54) is 24.3 Å². The molecule has 5 rings (SSSR count). The van der Waals surface area contributed by atoms with E-state index in [2.05, 4.69) is 10.3 Å². The number of nitrogens with zero attached hydrogens (tertiary/aromatic N) is 1. The molecule has 4 aromatic carbocycles. The first-order chi connectivity index (χ1) is 24.1. The molecule has 0 saturated heterocycles. The first-order valence-electron chi connectivity index (χ1n) is 15.6. The number of aliphatic hydroxyl groups is 1. The molecule has 1 amide bonds. The van der Waals surface area contributed by atoms with Crippen molar-refractivity contribution in [3.63, 3.8) is 0 Å². The average molecular weight is 735 g/mol. The number of hydrogen-bond donors (Lipinski definition) is 2. The fourth-order valence-corrected chi connectivity index (χ4v) is 6.88. The van der Waals surface area contributed by atoms with Crippen LogP contribution in [-0.2, 0) is 38.3 Å². The normalized spacial score (nSPS) is 17.8. The molecule has 270 valence electrons. The minimum absolute atomic E-state index is 0.0168. The second kappa shape index (κ2) is 15.2. The van der Waals surface area contributed by atoms with Crippen molar-refractivity contribution in [2.24, 2.45) is 4.99 Å². The molecule has 2 atom stereocenters. The topological polar surface area (TPSA) is 114 Å². The Morgan fingerprint density at radius 1 is 0.863 bits per heavy atom. The minimum atomic E-state index is -5.11. The minimum Gasteiger partial charge on any atom is -0.494 e. The average Bonchev–Trinajstić information content (AvgIpc) is 3.51. The molecule has 1 heterocycles. The van der Waals surface area contributed by atoms with Crippen molar-refractivity contribution in [1.29, 1.82) is 0 Å². The summed E-state index contributed by atoms with van der Waals surface area (Å²) in [5.74, 6) is -1.20. The van der Waals surface area contributed by atoms with Gasteiger partial charge in [-0.25, -0.2) is 13.4 Å². The lowest BCUT2D eigenvalue weighted by atomic mass is 9.85. The van der Waals surface area contributed by atoms with Gasteiger partial charge in [-0.15, -0.1) is 0 Å². The van der Waals surface area contributed by atoms with Crippen LogP contribution in [0, 0.1) is 0 Å². The fraction of sp³-hybridized carbons (Fsp3) is 0.278. The number of carbonyl (C=O) groups excluding carboxylic acids is 1. The van der Waals surface area contributed by atoms with Gasteiger partial charge >= 0.3 is 12.4 Å². The molecule has 15 heteroatoms. The fourth-order valence-electron chi connectivity index (χ4n) is 5.49. The standard InChI is InChI=1S/C36H32F6N2O6S/c37-35(38,39)27-20-24(21-28(22-27)36(40,41)42)23-43-33(46)34(16-19-51(47,48)30-10-5-2-6-11-30)31(25-8-3-1-4-9-25)50-32(44-34)26-12-14-29(15-13-26)49-18-7-17-45/h1-6,8-15,20-22,31,45H,7,16-19,23H2,(H,43,46)/t31-,34-/m1/s1. The number of nitrogens with one attached hydrogen (secondary N) is 1. The van der Waals surface area contributed by atoms with Crippen LogP contribution in [0.15, 0.2) is 113 Å². The Kier molecular flexibility index (Phi) is 11.1. The van der Waals surface area contributed by atoms with Gasteiger partial charge in [0.25, 0.3) is 5.91 Å². The number of hydrogen-bond acceptors (Lipinski definition) is 7. The Balaban J connectivity index is 1.56. The number of amides is 1. The lowest BCUT2D eigenvalue weighted by molar-refractivity contribution is -0.143. The second-order valence-electron chi connectivity index (χ2n) is 11.7. The van der Waals surface area contributed by atoms with E-state index in [4.69, 9.17) is 14.6 Å². The Bertz CT molecular complexity index is 1920. The van der Waals surface area contributed by atoms with Crippen LogP contribution in [0.1, 0.15) is 46.8 Å². The third-order valence-corrected chi connectivity index (χ3v) is 9.82. The third kappa shape index (κ3) is 8.89. The van der Waals surface area contributed by atoms with Gasteiger partial charge in [0.1, 0.15) is 5.75 Å². The SMILES string of the molecule is O=C(NCc1cc(C(F)(F)F)cc(C(F)(F)F)c1)[C@]1(CCS(=O)(=O)c2ccccc2)N=C(c2ccc(OCCCO)cc2)O[C@@H]1c1ccccc1. The maximum atomic E-state index is 14.3. The quantitative estimate of drug-likeness (QED) is 0.114. The first kappa shape index (κ1) is 37.4. The predicted molar refractivity (Wildman–Crippen MR) is 175 cm³/mol. The van der Waals surface area contributed by atoms with Gasteiger partial charge in [-0.2, -0.15) is 26.3 Å². The lowest BCUT2D eigenvalue weighted by Gasteiger charge is -2.30. The van der Waals surface area contributed by atoms with Gasteiger partial charge < -0.3 is 19.9 Å². The van der Waals surface area contributed by atoms with Crippen LogP contribution in [0.4, 0.5) is 26.3 Å². The Hall–Kier alpha value is -4.89. The van der Waals surface area contributed by atoms with Crippen molar-refractivity contribution < 1.29 is 54.1 Å². The Morgan fingerprint density at radius 3 is 2.02 bits per heavy atom. The van der Waals surface area contributed by atoms with Gasteiger partial charge in [-0.3, -0.25) is 4.79 Å². The summed E-state index contributed by atoms with van der Waals surface area (Å²) in [5, 5.41) is 11.5. The number of sulfone groups is 1. The highest BCUT2D eigenvalue weighted by molar-refractivity contribution is 7.91. The number of ether oxygens (including phenoxy) is 2. The highest BCUT2D eigenvalue weighted by atomic mass is 32.2. The maximum absolute atomic E-state index is 14.3. The molecule has 4 aromatic rings. The van der Waals surface area contributed by atoms with Crippen LogP contribution in [0.5, 0.6) is 5.75 Å². The van der Waals surface area contributed by atoms with Crippen molar-refractivity contribution >= 4 is 21.6 Å². The Labute approximate surface area is 289 Å². The molecule has 51 heavy (non-hydrogen) atoms. The zero-order valence-corrected chi connectivity index (χ0v) is 27.6. The van der Waals surface area contributed by atoms with Gasteiger partial charge in [0.15, 0.2) is 21.5 Å². The molecule has 2 N–H and O–H groups in total. The third-order valence-electron chi connectivity index (χ3n) is 8.09. The van der Waals surface area contributed by atoms with E-state index in [-0.39, 0.29) is 30.1 Å². The zero-order chi connectivity index (χ0) is 36.9. The van der Waals surface area contributed by atoms with Gasteiger partial charge in [0.05, 0.1) is 28.4 Å². The summed E-state index contributed by atoms with van der Waals surface area (Å²) >= 11 is 0. The largest absolute Gasteiger partial charge is 0.494 e. The monoisotopic (exact) mass is 734 g/mol. The Morgan fingerprint density at radius 2 is 1.45 bits per heavy atom. The van der Waals surface area contributed by atoms with Crippen molar-refractivity contribution in [3.05, 3.63) is 131 Å². The van der Waals surface area contributed by atoms with E-state index < -0.39 is 75.1 Å². The van der Waals surface area contributed by atoms with Crippen LogP contribution >= 0.6 is 0 Å². The summed E-state index contributed by atoms with van der Waals surface area (Å²) in [4.78, 5) is 19.0. The molecule has 0 aromatic heterocycles. The number of aliphatic hydroxyl groups excluding tert-OH is 1. The van der Waals surface area contributed by atoms with Crippen LogP contribution in [-0.4, -0.2) is 49.8 Å². The molecule has 0 bridgehead atoms. The van der Waals surface area contributed by atoms with Gasteiger partial charge in [-0.05, 0) is 65.7 Å². The number of benzene rings is 4. The van der Waals surface area contributed by atoms with Crippen molar-refractivity contribution in [2.45, 2.75) is 48.3 Å². The zero-order valence-electron chi connectivity index (χ0n) is 26.7. The van der Waals surface area contributed by atoms with E-state index >= 15 is 0 Å². The van der Waals surface area contributed by atoms with Crippen molar-refractivity contribution in [2.75, 3.05) is 19.0 Å². The molecule has 0 fully saturated rings. The first-order valence-corrected chi connectivity index (χ1v) is 17.3. The van der Waals surface area contributed by atoms with E-state index in [9.17, 15) is 39.6 Å². The molecule has 0 spiro atoms.